The van der Waals surface area contributed by atoms with E-state index in [0.717, 1.165) is 12.5 Å². The molecule has 0 heterocycles. The van der Waals surface area contributed by atoms with Crippen LogP contribution in [0.3, 0.4) is 0 Å². The lowest BCUT2D eigenvalue weighted by Crippen LogP contribution is -2.56. The highest BCUT2D eigenvalue weighted by Crippen LogP contribution is 2.54. The summed E-state index contributed by atoms with van der Waals surface area (Å²) in [6.07, 6.45) is -5.80. The summed E-state index contributed by atoms with van der Waals surface area (Å²) in [5.74, 6) is -6.81. The lowest BCUT2D eigenvalue weighted by molar-refractivity contribution is -0.333. The third-order valence-electron chi connectivity index (χ3n) is 1.71. The lowest BCUT2D eigenvalue weighted by Gasteiger charge is -2.37. The maximum atomic E-state index is 13.1. The van der Waals surface area contributed by atoms with Gasteiger partial charge in [0, 0.05) is 12.5 Å². The second kappa shape index (κ2) is 5.74. The summed E-state index contributed by atoms with van der Waals surface area (Å²) in [5.41, 5.74) is 0. The van der Waals surface area contributed by atoms with Crippen molar-refractivity contribution in [3.05, 3.63) is 0 Å². The van der Waals surface area contributed by atoms with E-state index in [1.54, 1.807) is 0 Å². The molecule has 0 saturated heterocycles. The Morgan fingerprint density at radius 2 is 1.29 bits per heavy atom. The quantitative estimate of drug-likeness (QED) is 0.672. The molecule has 0 rings (SSSR count). The van der Waals surface area contributed by atoms with E-state index in [1.165, 1.54) is 13.8 Å². The zero-order chi connectivity index (χ0) is 17.5. The summed E-state index contributed by atoms with van der Waals surface area (Å²) < 4.78 is 118. The van der Waals surface area contributed by atoms with Gasteiger partial charge in [-0.25, -0.2) is 0 Å². The molecule has 0 spiro atoms. The second-order valence-electron chi connectivity index (χ2n) is 4.40. The Morgan fingerprint density at radius 1 is 0.905 bits per heavy atom. The second-order valence-corrected chi connectivity index (χ2v) is 8.84. The van der Waals surface area contributed by atoms with Gasteiger partial charge in [0.05, 0.1) is 6.10 Å². The van der Waals surface area contributed by atoms with Gasteiger partial charge in [-0.15, -0.1) is 0 Å². The van der Waals surface area contributed by atoms with Crippen LogP contribution >= 0.6 is 10.6 Å². The van der Waals surface area contributed by atoms with Crippen LogP contribution in [0.15, 0.2) is 0 Å². The number of hydrogen-bond donors (Lipinski definition) is 0. The van der Waals surface area contributed by atoms with E-state index in [-0.39, 0.29) is 0 Å². The molecule has 0 fully saturated rings. The smallest absolute Gasteiger partial charge is 0.281 e. The van der Waals surface area contributed by atoms with E-state index in [2.05, 4.69) is 3.63 Å². The maximum Gasteiger partial charge on any atom is 0.461 e. The first-order valence-corrected chi connectivity index (χ1v) is 8.78. The van der Waals surface area contributed by atoms with Gasteiger partial charge >= 0.3 is 27.5 Å². The van der Waals surface area contributed by atoms with Crippen LogP contribution in [0.1, 0.15) is 13.8 Å². The minimum Gasteiger partial charge on any atom is -0.281 e. The molecule has 0 aromatic carbocycles. The fourth-order valence-corrected chi connectivity index (χ4v) is 4.61. The highest BCUT2D eigenvalue weighted by atomic mass is 32.3. The standard InChI is InChI=1S/C8H13F7O4S2/c1-5(2)18-20(3,4)19-21(16,17)8(14,15)6(9,10)7(11,12)13/h5H,1-4H3. The first-order chi connectivity index (χ1) is 8.87. The molecule has 0 saturated carbocycles. The third kappa shape index (κ3) is 4.36. The molecule has 0 amide bonds. The monoisotopic (exact) mass is 370 g/mol. The molecule has 21 heavy (non-hydrogen) atoms. The fourth-order valence-electron chi connectivity index (χ4n) is 1.06. The predicted molar refractivity (Wildman–Crippen MR) is 61.6 cm³/mol. The van der Waals surface area contributed by atoms with Crippen molar-refractivity contribution in [1.29, 1.82) is 0 Å². The first kappa shape index (κ1) is 20.7. The Kier molecular flexibility index (Phi) is 5.66. The van der Waals surface area contributed by atoms with Crippen molar-refractivity contribution in [3.8, 4) is 0 Å². The van der Waals surface area contributed by atoms with Gasteiger partial charge in [0.25, 0.3) is 0 Å². The molecule has 0 N–H and O–H groups in total. The van der Waals surface area contributed by atoms with E-state index in [9.17, 15) is 39.2 Å². The predicted octanol–water partition coefficient (Wildman–Crippen LogP) is 3.44. The molecule has 0 aliphatic heterocycles. The van der Waals surface area contributed by atoms with Crippen molar-refractivity contribution in [2.45, 2.75) is 37.3 Å². The summed E-state index contributed by atoms with van der Waals surface area (Å²) in [4.78, 5) is 0. The molecular formula is C8H13F7O4S2. The highest BCUT2D eigenvalue weighted by molar-refractivity contribution is 8.28. The molecule has 0 aliphatic carbocycles. The van der Waals surface area contributed by atoms with Crippen LogP contribution in [0, 0.1) is 0 Å². The summed E-state index contributed by atoms with van der Waals surface area (Å²) >= 11 is 0. The minimum absolute atomic E-state index is 0.734. The van der Waals surface area contributed by atoms with E-state index in [1.807, 2.05) is 0 Å². The average molecular weight is 370 g/mol. The zero-order valence-electron chi connectivity index (χ0n) is 11.2. The fraction of sp³-hybridized carbons (Fsp3) is 1.00. The average Bonchev–Trinajstić information content (AvgIpc) is 2.10. The first-order valence-electron chi connectivity index (χ1n) is 5.07. The largest absolute Gasteiger partial charge is 0.461 e. The minimum atomic E-state index is -6.81. The molecular weight excluding hydrogens is 357 g/mol. The van der Waals surface area contributed by atoms with E-state index in [4.69, 9.17) is 4.18 Å². The molecule has 0 aromatic rings. The lowest BCUT2D eigenvalue weighted by atomic mass is 10.3. The van der Waals surface area contributed by atoms with Crippen LogP contribution in [0.4, 0.5) is 30.7 Å². The molecule has 0 bridgehead atoms. The van der Waals surface area contributed by atoms with Crippen molar-refractivity contribution < 1.29 is 47.0 Å². The summed E-state index contributed by atoms with van der Waals surface area (Å²) in [6, 6.07) is 0. The molecule has 0 unspecified atom stereocenters. The normalized spacial score (nSPS) is 16.4. The van der Waals surface area contributed by atoms with Crippen molar-refractivity contribution in [3.63, 3.8) is 0 Å². The Balaban J connectivity index is 5.62. The van der Waals surface area contributed by atoms with E-state index in [0.29, 0.717) is 0 Å². The SMILES string of the molecule is CC(C)OS(C)(C)OS(=O)(=O)C(F)(F)C(F)(F)C(F)(F)F. The molecule has 130 valence electrons. The summed E-state index contributed by atoms with van der Waals surface area (Å²) in [6.45, 7) is 2.71. The van der Waals surface area contributed by atoms with Crippen LogP contribution in [0.5, 0.6) is 0 Å². The zero-order valence-corrected chi connectivity index (χ0v) is 12.8. The van der Waals surface area contributed by atoms with Gasteiger partial charge in [0.15, 0.2) is 0 Å². The number of alkyl halides is 7. The maximum absolute atomic E-state index is 13.1. The van der Waals surface area contributed by atoms with Crippen LogP contribution in [-0.2, 0) is 17.9 Å². The molecule has 13 heteroatoms. The molecule has 0 atom stereocenters. The van der Waals surface area contributed by atoms with E-state index < -0.39 is 44.2 Å². The number of rotatable bonds is 6. The molecule has 4 nitrogen and oxygen atoms in total. The number of hydrogen-bond acceptors (Lipinski definition) is 4. The topological polar surface area (TPSA) is 52.6 Å². The van der Waals surface area contributed by atoms with Crippen LogP contribution in [0.25, 0.3) is 0 Å². The van der Waals surface area contributed by atoms with Gasteiger partial charge < -0.3 is 0 Å². The summed E-state index contributed by atoms with van der Waals surface area (Å²) in [5, 5.41) is -6.50. The van der Waals surface area contributed by atoms with Crippen molar-refractivity contribution in [1.82, 2.24) is 0 Å². The van der Waals surface area contributed by atoms with Crippen molar-refractivity contribution in [2.75, 3.05) is 12.5 Å². The Labute approximate surface area is 118 Å². The molecule has 0 aromatic heterocycles. The van der Waals surface area contributed by atoms with Gasteiger partial charge in [0.2, 0.25) is 0 Å². The van der Waals surface area contributed by atoms with Crippen molar-refractivity contribution in [2.24, 2.45) is 0 Å². The molecule has 0 aliphatic rings. The third-order valence-corrected chi connectivity index (χ3v) is 5.47. The van der Waals surface area contributed by atoms with E-state index >= 15 is 0 Å². The van der Waals surface area contributed by atoms with Gasteiger partial charge in [-0.3, -0.25) is 4.18 Å². The van der Waals surface area contributed by atoms with Crippen LogP contribution in [-0.4, -0.2) is 44.4 Å². The van der Waals surface area contributed by atoms with Gasteiger partial charge in [0.1, 0.15) is 0 Å². The van der Waals surface area contributed by atoms with Gasteiger partial charge in [-0.05, 0) is 13.8 Å². The number of halogens is 7. The Bertz CT molecular complexity index is 470. The Morgan fingerprint density at radius 3 is 1.57 bits per heavy atom. The van der Waals surface area contributed by atoms with Crippen LogP contribution in [0.2, 0.25) is 0 Å². The molecule has 0 radical (unpaired) electrons. The van der Waals surface area contributed by atoms with Gasteiger partial charge in [-0.2, -0.15) is 53.4 Å². The van der Waals surface area contributed by atoms with Crippen LogP contribution < -0.4 is 0 Å². The summed E-state index contributed by atoms with van der Waals surface area (Å²) in [7, 11) is -9.89. The van der Waals surface area contributed by atoms with Crippen molar-refractivity contribution >= 4 is 20.7 Å². The highest BCUT2D eigenvalue weighted by Gasteiger charge is 2.79. The Hall–Kier alpha value is -0.270. The van der Waals surface area contributed by atoms with Gasteiger partial charge in [-0.1, -0.05) is 0 Å².